The normalized spacial score (nSPS) is 17.5. The number of fused-ring (bicyclic) bond motifs is 1. The summed E-state index contributed by atoms with van der Waals surface area (Å²) in [4.78, 5) is 24.4. The van der Waals surface area contributed by atoms with Gasteiger partial charge in [-0.25, -0.2) is 4.79 Å². The van der Waals surface area contributed by atoms with Crippen LogP contribution in [-0.2, 0) is 18.4 Å². The summed E-state index contributed by atoms with van der Waals surface area (Å²) in [5, 5.41) is 6.34. The van der Waals surface area contributed by atoms with E-state index >= 15 is 0 Å². The molecule has 0 radical (unpaired) electrons. The highest BCUT2D eigenvalue weighted by Crippen LogP contribution is 2.12. The molecule has 6 nitrogen and oxygen atoms in total. The van der Waals surface area contributed by atoms with Crippen LogP contribution in [0.4, 0.5) is 0 Å². The zero-order valence-corrected chi connectivity index (χ0v) is 14.8. The zero-order chi connectivity index (χ0) is 16.2. The number of amides is 1. The maximum absolute atomic E-state index is 12.3. The Kier molecular flexibility index (Phi) is 6.45. The number of carbonyl (C=O) groups is 1. The number of hydrogen-bond donors (Lipinski definition) is 2. The van der Waals surface area contributed by atoms with E-state index < -0.39 is 0 Å². The Labute approximate surface area is 147 Å². The first-order valence-corrected chi connectivity index (χ1v) is 8.28. The largest absolute Gasteiger partial charge is 0.356 e. The Balaban J connectivity index is 0.00000208. The fraction of sp³-hybridized carbons (Fsp3) is 0.529. The van der Waals surface area contributed by atoms with E-state index in [-0.39, 0.29) is 24.0 Å². The van der Waals surface area contributed by atoms with Gasteiger partial charge in [-0.3, -0.25) is 13.9 Å². The van der Waals surface area contributed by atoms with Crippen LogP contribution in [-0.4, -0.2) is 34.7 Å². The summed E-state index contributed by atoms with van der Waals surface area (Å²) in [5.74, 6) is 0.531. The van der Waals surface area contributed by atoms with Crippen LogP contribution < -0.4 is 16.3 Å². The van der Waals surface area contributed by atoms with Gasteiger partial charge < -0.3 is 10.6 Å². The summed E-state index contributed by atoms with van der Waals surface area (Å²) in [6, 6.07) is 7.66. The van der Waals surface area contributed by atoms with Gasteiger partial charge in [0.25, 0.3) is 0 Å². The lowest BCUT2D eigenvalue weighted by atomic mass is 10.00. The number of para-hydroxylation sites is 2. The number of benzene rings is 1. The molecule has 1 unspecified atom stereocenters. The van der Waals surface area contributed by atoms with Crippen molar-refractivity contribution >= 4 is 29.3 Å². The summed E-state index contributed by atoms with van der Waals surface area (Å²) in [6.45, 7) is 3.18. The number of nitrogens with zero attached hydrogens (tertiary/aromatic N) is 2. The molecule has 2 heterocycles. The Bertz CT molecular complexity index is 747. The molecule has 1 aliphatic heterocycles. The summed E-state index contributed by atoms with van der Waals surface area (Å²) in [6.07, 6.45) is 2.66. The minimum Gasteiger partial charge on any atom is -0.356 e. The first kappa shape index (κ1) is 18.5. The van der Waals surface area contributed by atoms with Crippen molar-refractivity contribution in [1.82, 2.24) is 19.8 Å². The van der Waals surface area contributed by atoms with Crippen LogP contribution in [0.5, 0.6) is 0 Å². The van der Waals surface area contributed by atoms with E-state index in [0.29, 0.717) is 18.9 Å². The average molecular weight is 353 g/mol. The number of hydrogen-bond acceptors (Lipinski definition) is 3. The van der Waals surface area contributed by atoms with E-state index in [1.807, 2.05) is 24.3 Å². The van der Waals surface area contributed by atoms with Gasteiger partial charge in [-0.2, -0.15) is 0 Å². The molecule has 1 aromatic carbocycles. The van der Waals surface area contributed by atoms with Crippen LogP contribution in [0.2, 0.25) is 0 Å². The number of nitrogens with one attached hydrogen (secondary N) is 2. The summed E-state index contributed by atoms with van der Waals surface area (Å²) >= 11 is 0. The molecule has 0 bridgehead atoms. The van der Waals surface area contributed by atoms with Crippen molar-refractivity contribution in [3.05, 3.63) is 34.7 Å². The van der Waals surface area contributed by atoms with Gasteiger partial charge in [-0.05, 0) is 44.0 Å². The third-order valence-corrected chi connectivity index (χ3v) is 4.60. The fourth-order valence-electron chi connectivity index (χ4n) is 3.24. The average Bonchev–Trinajstić information content (AvgIpc) is 2.83. The summed E-state index contributed by atoms with van der Waals surface area (Å²) in [5.41, 5.74) is 1.70. The lowest BCUT2D eigenvalue weighted by molar-refractivity contribution is -0.121. The maximum atomic E-state index is 12.3. The molecule has 24 heavy (non-hydrogen) atoms. The molecule has 3 rings (SSSR count). The number of aryl methyl sites for hydroxylation is 2. The molecule has 1 aliphatic rings. The monoisotopic (exact) mass is 352 g/mol. The molecule has 2 N–H and O–H groups in total. The fourth-order valence-corrected chi connectivity index (χ4v) is 3.24. The van der Waals surface area contributed by atoms with E-state index in [9.17, 15) is 9.59 Å². The van der Waals surface area contributed by atoms with Crippen molar-refractivity contribution < 1.29 is 4.79 Å². The van der Waals surface area contributed by atoms with Crippen molar-refractivity contribution in [2.24, 2.45) is 13.0 Å². The first-order chi connectivity index (χ1) is 11.2. The molecule has 1 saturated heterocycles. The van der Waals surface area contributed by atoms with Crippen molar-refractivity contribution in [1.29, 1.82) is 0 Å². The van der Waals surface area contributed by atoms with Crippen molar-refractivity contribution in [2.45, 2.75) is 25.8 Å². The van der Waals surface area contributed by atoms with Gasteiger partial charge in [0.1, 0.15) is 0 Å². The van der Waals surface area contributed by atoms with Crippen molar-refractivity contribution in [2.75, 3.05) is 19.6 Å². The van der Waals surface area contributed by atoms with E-state index in [0.717, 1.165) is 37.1 Å². The maximum Gasteiger partial charge on any atom is 0.328 e. The van der Waals surface area contributed by atoms with Crippen LogP contribution in [0.15, 0.2) is 29.1 Å². The molecule has 0 spiro atoms. The zero-order valence-electron chi connectivity index (χ0n) is 14.0. The third kappa shape index (κ3) is 3.99. The molecule has 0 aliphatic carbocycles. The molecule has 2 aromatic rings. The van der Waals surface area contributed by atoms with Gasteiger partial charge in [0.2, 0.25) is 5.91 Å². The predicted molar refractivity (Wildman–Crippen MR) is 97.6 cm³/mol. The number of aromatic nitrogens is 2. The highest BCUT2D eigenvalue weighted by atomic mass is 35.5. The Hall–Kier alpha value is -1.79. The van der Waals surface area contributed by atoms with Crippen molar-refractivity contribution in [3.63, 3.8) is 0 Å². The quantitative estimate of drug-likeness (QED) is 0.851. The molecule has 0 saturated carbocycles. The minimum atomic E-state index is -0.0736. The molecule has 7 heteroatoms. The lowest BCUT2D eigenvalue weighted by Crippen LogP contribution is -2.38. The smallest absolute Gasteiger partial charge is 0.328 e. The second-order valence-corrected chi connectivity index (χ2v) is 6.25. The SMILES string of the molecule is Cl.Cn1c(=O)n(CCC(=O)NCC2CCCNC2)c2ccccc21. The van der Waals surface area contributed by atoms with Crippen LogP contribution in [0.1, 0.15) is 19.3 Å². The molecule has 132 valence electrons. The number of imidazole rings is 1. The third-order valence-electron chi connectivity index (χ3n) is 4.60. The Morgan fingerprint density at radius 1 is 1.33 bits per heavy atom. The van der Waals surface area contributed by atoms with Crippen LogP contribution in [0, 0.1) is 5.92 Å². The number of rotatable bonds is 5. The highest BCUT2D eigenvalue weighted by Gasteiger charge is 2.15. The van der Waals surface area contributed by atoms with Crippen LogP contribution >= 0.6 is 12.4 Å². The topological polar surface area (TPSA) is 68.1 Å². The second-order valence-electron chi connectivity index (χ2n) is 6.25. The Morgan fingerprint density at radius 3 is 2.79 bits per heavy atom. The minimum absolute atomic E-state index is 0. The first-order valence-electron chi connectivity index (χ1n) is 8.28. The molecule has 1 amide bonds. The molecular formula is C17H25ClN4O2. The van der Waals surface area contributed by atoms with Crippen LogP contribution in [0.3, 0.4) is 0 Å². The number of halogens is 1. The van der Waals surface area contributed by atoms with Gasteiger partial charge in [-0.1, -0.05) is 12.1 Å². The molecule has 1 fully saturated rings. The van der Waals surface area contributed by atoms with Gasteiger partial charge in [-0.15, -0.1) is 12.4 Å². The van der Waals surface area contributed by atoms with E-state index in [2.05, 4.69) is 10.6 Å². The van der Waals surface area contributed by atoms with E-state index in [4.69, 9.17) is 0 Å². The predicted octanol–water partition coefficient (Wildman–Crippen LogP) is 1.27. The highest BCUT2D eigenvalue weighted by molar-refractivity contribution is 5.85. The standard InChI is InChI=1S/C17H24N4O2.ClH/c1-20-14-6-2-3-7-15(14)21(17(20)23)10-8-16(22)19-12-13-5-4-9-18-11-13;/h2-3,6-7,13,18H,4-5,8-12H2,1H3,(H,19,22);1H. The number of carbonyl (C=O) groups excluding carboxylic acids is 1. The molecule has 1 aromatic heterocycles. The van der Waals surface area contributed by atoms with E-state index in [1.54, 1.807) is 16.2 Å². The lowest BCUT2D eigenvalue weighted by Gasteiger charge is -2.22. The van der Waals surface area contributed by atoms with E-state index in [1.165, 1.54) is 6.42 Å². The Morgan fingerprint density at radius 2 is 2.08 bits per heavy atom. The van der Waals surface area contributed by atoms with Gasteiger partial charge in [0.05, 0.1) is 11.0 Å². The van der Waals surface area contributed by atoms with Gasteiger partial charge >= 0.3 is 5.69 Å². The number of piperidine rings is 1. The molecule has 1 atom stereocenters. The van der Waals surface area contributed by atoms with Gasteiger partial charge in [0.15, 0.2) is 0 Å². The summed E-state index contributed by atoms with van der Waals surface area (Å²) < 4.78 is 3.30. The molecular weight excluding hydrogens is 328 g/mol. The van der Waals surface area contributed by atoms with Crippen LogP contribution in [0.25, 0.3) is 11.0 Å². The van der Waals surface area contributed by atoms with Crippen molar-refractivity contribution in [3.8, 4) is 0 Å². The summed E-state index contributed by atoms with van der Waals surface area (Å²) in [7, 11) is 1.76. The van der Waals surface area contributed by atoms with Gasteiger partial charge in [0, 0.05) is 26.6 Å². The second kappa shape index (κ2) is 8.35.